The Bertz CT molecular complexity index is 884. The molecule has 1 fully saturated rings. The second kappa shape index (κ2) is 9.88. The maximum absolute atomic E-state index is 12.6. The smallest absolute Gasteiger partial charge is 0.238 e. The van der Waals surface area contributed by atoms with Gasteiger partial charge in [-0.15, -0.1) is 0 Å². The lowest BCUT2D eigenvalue weighted by molar-refractivity contribution is -0.117. The minimum absolute atomic E-state index is 0.0856. The summed E-state index contributed by atoms with van der Waals surface area (Å²) in [5, 5.41) is 4.11. The summed E-state index contributed by atoms with van der Waals surface area (Å²) in [4.78, 5) is 17.1. The maximum Gasteiger partial charge on any atom is 0.238 e. The summed E-state index contributed by atoms with van der Waals surface area (Å²) in [6.07, 6.45) is 0.817. The molecule has 30 heavy (non-hydrogen) atoms. The molecule has 2 heterocycles. The summed E-state index contributed by atoms with van der Waals surface area (Å²) >= 11 is 12.3. The van der Waals surface area contributed by atoms with Crippen LogP contribution in [0.15, 0.2) is 36.4 Å². The molecule has 2 aliphatic heterocycles. The van der Waals surface area contributed by atoms with Crippen LogP contribution in [-0.2, 0) is 11.3 Å². The number of nitrogens with one attached hydrogen (secondary N) is 1. The standard InChI is InChI=1S/C22H25Cl2N3O3/c23-17-4-2-16(3-5-17)14-26-6-8-27(9-7-26)15-22(28)25-19-13-21-20(12-18(19)24)29-10-1-11-30-21/h2-5,12-13H,1,6-11,14-15H2,(H,25,28). The highest BCUT2D eigenvalue weighted by atomic mass is 35.5. The Hall–Kier alpha value is -1.99. The lowest BCUT2D eigenvalue weighted by Crippen LogP contribution is -2.48. The number of hydrogen-bond acceptors (Lipinski definition) is 5. The highest BCUT2D eigenvalue weighted by Gasteiger charge is 2.20. The van der Waals surface area contributed by atoms with Gasteiger partial charge in [0.15, 0.2) is 11.5 Å². The first-order valence-electron chi connectivity index (χ1n) is 10.1. The third kappa shape index (κ3) is 5.58. The third-order valence-corrected chi connectivity index (χ3v) is 5.83. The molecule has 2 aliphatic rings. The Kier molecular flexibility index (Phi) is 7.00. The molecular formula is C22H25Cl2N3O3. The molecule has 0 aromatic heterocycles. The monoisotopic (exact) mass is 449 g/mol. The SMILES string of the molecule is O=C(CN1CCN(Cc2ccc(Cl)cc2)CC1)Nc1cc2c(cc1Cl)OCCCO2. The van der Waals surface area contributed by atoms with E-state index < -0.39 is 0 Å². The minimum atomic E-state index is -0.0856. The lowest BCUT2D eigenvalue weighted by atomic mass is 10.2. The summed E-state index contributed by atoms with van der Waals surface area (Å²) in [6, 6.07) is 11.4. The normalized spacial score (nSPS) is 17.4. The second-order valence-corrected chi connectivity index (χ2v) is 8.40. The zero-order chi connectivity index (χ0) is 20.9. The average Bonchev–Trinajstić information content (AvgIpc) is 2.96. The second-order valence-electron chi connectivity index (χ2n) is 7.56. The van der Waals surface area contributed by atoms with Gasteiger partial charge < -0.3 is 14.8 Å². The van der Waals surface area contributed by atoms with E-state index in [9.17, 15) is 4.79 Å². The number of fused-ring (bicyclic) bond motifs is 1. The van der Waals surface area contributed by atoms with Crippen LogP contribution in [0.3, 0.4) is 0 Å². The number of carbonyl (C=O) groups excluding carboxylic acids is 1. The predicted molar refractivity (Wildman–Crippen MR) is 119 cm³/mol. The molecule has 1 amide bonds. The Balaban J connectivity index is 1.27. The van der Waals surface area contributed by atoms with Gasteiger partial charge in [0.25, 0.3) is 0 Å². The van der Waals surface area contributed by atoms with Crippen LogP contribution in [0.4, 0.5) is 5.69 Å². The Morgan fingerprint density at radius 1 is 0.933 bits per heavy atom. The van der Waals surface area contributed by atoms with Crippen molar-refractivity contribution in [1.82, 2.24) is 9.80 Å². The molecule has 0 unspecified atom stereocenters. The molecule has 0 saturated carbocycles. The number of halogens is 2. The van der Waals surface area contributed by atoms with Gasteiger partial charge in [0.2, 0.25) is 5.91 Å². The first kappa shape index (κ1) is 21.2. The molecule has 8 heteroatoms. The van der Waals surface area contributed by atoms with Crippen molar-refractivity contribution >= 4 is 34.8 Å². The van der Waals surface area contributed by atoms with Crippen LogP contribution in [0.2, 0.25) is 10.0 Å². The van der Waals surface area contributed by atoms with E-state index in [1.54, 1.807) is 12.1 Å². The maximum atomic E-state index is 12.6. The first-order chi connectivity index (χ1) is 14.6. The van der Waals surface area contributed by atoms with Crippen molar-refractivity contribution < 1.29 is 14.3 Å². The van der Waals surface area contributed by atoms with Gasteiger partial charge in [0, 0.05) is 56.3 Å². The van der Waals surface area contributed by atoms with Crippen molar-refractivity contribution in [1.29, 1.82) is 0 Å². The summed E-state index contributed by atoms with van der Waals surface area (Å²) in [5.74, 6) is 1.15. The Labute approximate surface area is 186 Å². The van der Waals surface area contributed by atoms with E-state index >= 15 is 0 Å². The van der Waals surface area contributed by atoms with E-state index in [0.29, 0.717) is 42.0 Å². The van der Waals surface area contributed by atoms with E-state index in [-0.39, 0.29) is 5.91 Å². The molecule has 1 saturated heterocycles. The number of ether oxygens (including phenoxy) is 2. The number of hydrogen-bond donors (Lipinski definition) is 1. The zero-order valence-electron chi connectivity index (χ0n) is 16.7. The predicted octanol–water partition coefficient (Wildman–Crippen LogP) is 3.91. The quantitative estimate of drug-likeness (QED) is 0.749. The fraction of sp³-hybridized carbons (Fsp3) is 0.409. The fourth-order valence-electron chi connectivity index (χ4n) is 3.63. The van der Waals surface area contributed by atoms with Gasteiger partial charge in [-0.25, -0.2) is 0 Å². The van der Waals surface area contributed by atoms with Crippen molar-refractivity contribution in [3.63, 3.8) is 0 Å². The van der Waals surface area contributed by atoms with Crippen LogP contribution in [0.1, 0.15) is 12.0 Å². The lowest BCUT2D eigenvalue weighted by Gasteiger charge is -2.34. The Morgan fingerprint density at radius 2 is 1.57 bits per heavy atom. The summed E-state index contributed by atoms with van der Waals surface area (Å²) < 4.78 is 11.3. The fourth-order valence-corrected chi connectivity index (χ4v) is 3.95. The van der Waals surface area contributed by atoms with Crippen LogP contribution in [-0.4, -0.2) is 61.6 Å². The van der Waals surface area contributed by atoms with Crippen LogP contribution in [0.25, 0.3) is 0 Å². The summed E-state index contributed by atoms with van der Waals surface area (Å²) in [5.41, 5.74) is 1.79. The van der Waals surface area contributed by atoms with Crippen molar-refractivity contribution in [3.05, 3.63) is 52.0 Å². The molecule has 0 atom stereocenters. The van der Waals surface area contributed by atoms with Gasteiger partial charge in [-0.3, -0.25) is 14.6 Å². The molecule has 0 aliphatic carbocycles. The number of benzene rings is 2. The molecule has 2 aromatic carbocycles. The summed E-state index contributed by atoms with van der Waals surface area (Å²) in [6.45, 7) is 5.93. The van der Waals surface area contributed by atoms with Crippen LogP contribution >= 0.6 is 23.2 Å². The van der Waals surface area contributed by atoms with Crippen LogP contribution in [0.5, 0.6) is 11.5 Å². The van der Waals surface area contributed by atoms with E-state index in [0.717, 1.165) is 44.2 Å². The summed E-state index contributed by atoms with van der Waals surface area (Å²) in [7, 11) is 0. The first-order valence-corrected chi connectivity index (χ1v) is 10.9. The van der Waals surface area contributed by atoms with Gasteiger partial charge in [-0.1, -0.05) is 35.3 Å². The van der Waals surface area contributed by atoms with Crippen molar-refractivity contribution in [2.75, 3.05) is 51.3 Å². The zero-order valence-corrected chi connectivity index (χ0v) is 18.2. The van der Waals surface area contributed by atoms with Gasteiger partial charge >= 0.3 is 0 Å². The van der Waals surface area contributed by atoms with Crippen molar-refractivity contribution in [3.8, 4) is 11.5 Å². The molecule has 0 bridgehead atoms. The molecule has 4 rings (SSSR count). The molecule has 0 radical (unpaired) electrons. The van der Waals surface area contributed by atoms with Crippen molar-refractivity contribution in [2.45, 2.75) is 13.0 Å². The van der Waals surface area contributed by atoms with Gasteiger partial charge in [-0.05, 0) is 17.7 Å². The highest BCUT2D eigenvalue weighted by molar-refractivity contribution is 6.34. The van der Waals surface area contributed by atoms with E-state index in [1.807, 2.05) is 12.1 Å². The number of anilines is 1. The third-order valence-electron chi connectivity index (χ3n) is 5.26. The number of rotatable bonds is 5. The van der Waals surface area contributed by atoms with E-state index in [4.69, 9.17) is 32.7 Å². The Morgan fingerprint density at radius 3 is 2.27 bits per heavy atom. The molecule has 0 spiro atoms. The molecular weight excluding hydrogens is 425 g/mol. The number of amides is 1. The number of nitrogens with zero attached hydrogens (tertiary/aromatic N) is 2. The van der Waals surface area contributed by atoms with Crippen LogP contribution in [0, 0.1) is 0 Å². The highest BCUT2D eigenvalue weighted by Crippen LogP contribution is 2.37. The largest absolute Gasteiger partial charge is 0.490 e. The van der Waals surface area contributed by atoms with Crippen LogP contribution < -0.4 is 14.8 Å². The number of piperazine rings is 1. The van der Waals surface area contributed by atoms with E-state index in [2.05, 4.69) is 27.2 Å². The molecule has 6 nitrogen and oxygen atoms in total. The van der Waals surface area contributed by atoms with Gasteiger partial charge in [0.05, 0.1) is 30.5 Å². The average molecular weight is 450 g/mol. The van der Waals surface area contributed by atoms with Crippen molar-refractivity contribution in [2.24, 2.45) is 0 Å². The van der Waals surface area contributed by atoms with E-state index in [1.165, 1.54) is 5.56 Å². The number of carbonyl (C=O) groups is 1. The van der Waals surface area contributed by atoms with Gasteiger partial charge in [-0.2, -0.15) is 0 Å². The molecule has 160 valence electrons. The minimum Gasteiger partial charge on any atom is -0.490 e. The molecule has 2 aromatic rings. The topological polar surface area (TPSA) is 54.0 Å². The van der Waals surface area contributed by atoms with Gasteiger partial charge in [0.1, 0.15) is 0 Å². The molecule has 1 N–H and O–H groups in total.